The summed E-state index contributed by atoms with van der Waals surface area (Å²) < 4.78 is 5.23. The fourth-order valence-corrected chi connectivity index (χ4v) is 4.26. The Hall–Kier alpha value is -2.96. The number of aromatic nitrogens is 2. The predicted octanol–water partition coefficient (Wildman–Crippen LogP) is 2.29. The fraction of sp³-hybridized carbons (Fsp3) is 0.400. The molecule has 2 aliphatic rings. The number of carbonyl (C=O) groups excluding carboxylic acids is 2. The highest BCUT2D eigenvalue weighted by molar-refractivity contribution is 6.02. The average molecular weight is 366 g/mol. The number of benzene rings is 1. The van der Waals surface area contributed by atoms with Gasteiger partial charge in [0.25, 0.3) is 5.91 Å². The Kier molecular flexibility index (Phi) is 4.51. The molecule has 1 aliphatic heterocycles. The van der Waals surface area contributed by atoms with Gasteiger partial charge >= 0.3 is 0 Å². The second kappa shape index (κ2) is 6.98. The number of amides is 2. The quantitative estimate of drug-likeness (QED) is 0.833. The summed E-state index contributed by atoms with van der Waals surface area (Å²) in [4.78, 5) is 37.6. The third-order valence-electron chi connectivity index (χ3n) is 5.47. The number of rotatable bonds is 3. The molecule has 1 aromatic heterocycles. The first kappa shape index (κ1) is 17.5. The highest BCUT2D eigenvalue weighted by Gasteiger charge is 2.49. The first-order valence-corrected chi connectivity index (χ1v) is 9.15. The second-order valence-electron chi connectivity index (χ2n) is 7.11. The molecule has 7 nitrogen and oxygen atoms in total. The van der Waals surface area contributed by atoms with E-state index in [2.05, 4.69) is 9.97 Å². The smallest absolute Gasteiger partial charge is 0.274 e. The Balaban J connectivity index is 1.65. The van der Waals surface area contributed by atoms with E-state index in [1.807, 2.05) is 29.2 Å². The maximum Gasteiger partial charge on any atom is 0.274 e. The molecule has 2 amide bonds. The van der Waals surface area contributed by atoms with Crippen molar-refractivity contribution in [3.8, 4) is 5.75 Å². The van der Waals surface area contributed by atoms with Crippen molar-refractivity contribution in [2.24, 2.45) is 0 Å². The van der Waals surface area contributed by atoms with Gasteiger partial charge in [0.15, 0.2) is 0 Å². The molecule has 4 rings (SSSR count). The van der Waals surface area contributed by atoms with Gasteiger partial charge in [-0.25, -0.2) is 4.98 Å². The van der Waals surface area contributed by atoms with Gasteiger partial charge in [-0.05, 0) is 37.1 Å². The lowest BCUT2D eigenvalue weighted by Gasteiger charge is -2.48. The molecule has 0 unspecified atom stereocenters. The largest absolute Gasteiger partial charge is 0.497 e. The van der Waals surface area contributed by atoms with Crippen LogP contribution in [0.3, 0.4) is 0 Å². The molecule has 0 bridgehead atoms. The second-order valence-corrected chi connectivity index (χ2v) is 7.11. The molecule has 7 heteroatoms. The van der Waals surface area contributed by atoms with Crippen molar-refractivity contribution >= 4 is 17.5 Å². The van der Waals surface area contributed by atoms with Gasteiger partial charge in [-0.3, -0.25) is 14.6 Å². The third-order valence-corrected chi connectivity index (χ3v) is 5.47. The van der Waals surface area contributed by atoms with E-state index in [0.29, 0.717) is 6.54 Å². The van der Waals surface area contributed by atoms with Gasteiger partial charge < -0.3 is 14.5 Å². The molecule has 2 aromatic rings. The molecular weight excluding hydrogens is 344 g/mol. The summed E-state index contributed by atoms with van der Waals surface area (Å²) in [6.45, 7) is 0.559. The van der Waals surface area contributed by atoms with Crippen LogP contribution in [0.2, 0.25) is 0 Å². The van der Waals surface area contributed by atoms with Gasteiger partial charge in [0.2, 0.25) is 5.91 Å². The first-order valence-electron chi connectivity index (χ1n) is 9.15. The van der Waals surface area contributed by atoms with Crippen molar-refractivity contribution in [1.82, 2.24) is 14.9 Å². The molecule has 1 aliphatic carbocycles. The van der Waals surface area contributed by atoms with Crippen molar-refractivity contribution < 1.29 is 14.3 Å². The molecule has 0 radical (unpaired) electrons. The maximum absolute atomic E-state index is 13.1. The third kappa shape index (κ3) is 3.13. The van der Waals surface area contributed by atoms with Crippen molar-refractivity contribution in [2.75, 3.05) is 25.1 Å². The van der Waals surface area contributed by atoms with Gasteiger partial charge in [-0.15, -0.1) is 0 Å². The van der Waals surface area contributed by atoms with E-state index >= 15 is 0 Å². The van der Waals surface area contributed by atoms with Crippen molar-refractivity contribution in [3.05, 3.63) is 48.5 Å². The monoisotopic (exact) mass is 366 g/mol. The number of piperazine rings is 1. The van der Waals surface area contributed by atoms with Crippen LogP contribution in [0.1, 0.15) is 36.2 Å². The van der Waals surface area contributed by atoms with Gasteiger partial charge in [-0.1, -0.05) is 12.8 Å². The number of carbonyl (C=O) groups is 2. The van der Waals surface area contributed by atoms with Crippen LogP contribution in [0.5, 0.6) is 5.75 Å². The maximum atomic E-state index is 13.1. The van der Waals surface area contributed by atoms with Crippen LogP contribution >= 0.6 is 0 Å². The minimum absolute atomic E-state index is 0.0448. The van der Waals surface area contributed by atoms with E-state index < -0.39 is 0 Å². The molecule has 1 spiro atoms. The lowest BCUT2D eigenvalue weighted by atomic mass is 9.90. The van der Waals surface area contributed by atoms with Crippen LogP contribution < -0.4 is 9.64 Å². The molecule has 140 valence electrons. The summed E-state index contributed by atoms with van der Waals surface area (Å²) in [7, 11) is 1.62. The van der Waals surface area contributed by atoms with Crippen LogP contribution in [0.15, 0.2) is 42.9 Å². The topological polar surface area (TPSA) is 75.6 Å². The van der Waals surface area contributed by atoms with E-state index in [9.17, 15) is 9.59 Å². The van der Waals surface area contributed by atoms with Crippen molar-refractivity contribution in [3.63, 3.8) is 0 Å². The number of methoxy groups -OCH3 is 1. The highest BCUT2D eigenvalue weighted by atomic mass is 16.5. The number of hydrogen-bond donors (Lipinski definition) is 0. The Labute approximate surface area is 158 Å². The summed E-state index contributed by atoms with van der Waals surface area (Å²) in [6.07, 6.45) is 8.34. The van der Waals surface area contributed by atoms with Gasteiger partial charge in [0.1, 0.15) is 18.0 Å². The Morgan fingerprint density at radius 3 is 2.52 bits per heavy atom. The summed E-state index contributed by atoms with van der Waals surface area (Å²) in [5.74, 6) is 0.450. The van der Waals surface area contributed by atoms with Crippen molar-refractivity contribution in [2.45, 2.75) is 31.2 Å². The van der Waals surface area contributed by atoms with Crippen LogP contribution in [0, 0.1) is 0 Å². The number of hydrogen-bond acceptors (Lipinski definition) is 5. The highest BCUT2D eigenvalue weighted by Crippen LogP contribution is 2.41. The predicted molar refractivity (Wildman–Crippen MR) is 99.6 cm³/mol. The summed E-state index contributed by atoms with van der Waals surface area (Å²) in [5.41, 5.74) is 0.771. The van der Waals surface area contributed by atoms with Crippen LogP contribution in [0.25, 0.3) is 0 Å². The molecule has 2 fully saturated rings. The molecule has 1 aromatic carbocycles. The van der Waals surface area contributed by atoms with E-state index in [4.69, 9.17) is 4.74 Å². The molecule has 1 saturated heterocycles. The first-order chi connectivity index (χ1) is 13.1. The average Bonchev–Trinajstić information content (AvgIpc) is 3.16. The van der Waals surface area contributed by atoms with Gasteiger partial charge in [-0.2, -0.15) is 0 Å². The SMILES string of the molecule is COc1ccc(N2C(=O)CN(C(=O)c3cnccn3)CC23CCCC3)cc1. The Bertz CT molecular complexity index is 832. The standard InChI is InChI=1S/C20H22N4O3/c1-27-16-6-4-15(5-7-16)24-18(25)13-23(14-20(24)8-2-3-9-20)19(26)17-12-21-10-11-22-17/h4-7,10-12H,2-3,8-9,13-14H2,1H3. The van der Waals surface area contributed by atoms with Crippen LogP contribution in [0.4, 0.5) is 5.69 Å². The fourth-order valence-electron chi connectivity index (χ4n) is 4.26. The van der Waals surface area contributed by atoms with Crippen molar-refractivity contribution in [1.29, 1.82) is 0 Å². The normalized spacial score (nSPS) is 18.8. The number of anilines is 1. The minimum Gasteiger partial charge on any atom is -0.497 e. The number of nitrogens with zero attached hydrogens (tertiary/aromatic N) is 4. The van der Waals surface area contributed by atoms with E-state index in [1.54, 1.807) is 12.0 Å². The minimum atomic E-state index is -0.359. The zero-order valence-electron chi connectivity index (χ0n) is 15.3. The molecule has 27 heavy (non-hydrogen) atoms. The molecular formula is C20H22N4O3. The Morgan fingerprint density at radius 1 is 1.15 bits per heavy atom. The number of ether oxygens (including phenoxy) is 1. The summed E-state index contributed by atoms with van der Waals surface area (Å²) in [5, 5.41) is 0. The van der Waals surface area contributed by atoms with E-state index in [1.165, 1.54) is 18.6 Å². The van der Waals surface area contributed by atoms with Crippen LogP contribution in [-0.4, -0.2) is 52.4 Å². The summed E-state index contributed by atoms with van der Waals surface area (Å²) >= 11 is 0. The zero-order valence-corrected chi connectivity index (χ0v) is 15.3. The molecule has 2 heterocycles. The summed E-state index contributed by atoms with van der Waals surface area (Å²) in [6, 6.07) is 7.55. The molecule has 0 atom stereocenters. The molecule has 1 saturated carbocycles. The lowest BCUT2D eigenvalue weighted by Crippen LogP contribution is -2.65. The van der Waals surface area contributed by atoms with Gasteiger partial charge in [0.05, 0.1) is 18.8 Å². The lowest BCUT2D eigenvalue weighted by molar-refractivity contribution is -0.123. The zero-order chi connectivity index (χ0) is 18.9. The Morgan fingerprint density at radius 2 is 1.89 bits per heavy atom. The van der Waals surface area contributed by atoms with Crippen LogP contribution in [-0.2, 0) is 4.79 Å². The van der Waals surface area contributed by atoms with Gasteiger partial charge in [0, 0.05) is 24.6 Å². The molecule has 0 N–H and O–H groups in total. The van der Waals surface area contributed by atoms with E-state index in [0.717, 1.165) is 37.1 Å². The van der Waals surface area contributed by atoms with E-state index in [-0.39, 0.29) is 29.6 Å².